The molecule has 6 rings (SSSR count). The van der Waals surface area contributed by atoms with Gasteiger partial charge in [0, 0.05) is 11.1 Å². The lowest BCUT2D eigenvalue weighted by atomic mass is 10.1. The van der Waals surface area contributed by atoms with Gasteiger partial charge >= 0.3 is 11.9 Å². The Labute approximate surface area is 296 Å². The van der Waals surface area contributed by atoms with E-state index >= 15 is 8.78 Å². The molecular weight excluding hydrogens is 702 g/mol. The number of amides is 2. The van der Waals surface area contributed by atoms with Crippen LogP contribution < -0.4 is 21.3 Å². The zero-order valence-electron chi connectivity index (χ0n) is 26.7. The lowest BCUT2D eigenvalue weighted by Crippen LogP contribution is -2.30. The highest BCUT2D eigenvalue weighted by molar-refractivity contribution is 7.80. The Morgan fingerprint density at radius 2 is 1.06 bits per heavy atom. The van der Waals surface area contributed by atoms with Crippen LogP contribution in [0.3, 0.4) is 0 Å². The van der Waals surface area contributed by atoms with Crippen LogP contribution in [0.2, 0.25) is 0 Å². The number of benzene rings is 4. The van der Waals surface area contributed by atoms with Crippen LogP contribution in [0.15, 0.2) is 81.6 Å². The minimum atomic E-state index is -1.16. The number of aliphatic carboxylic acids is 2. The number of anilines is 2. The summed E-state index contributed by atoms with van der Waals surface area (Å²) in [5, 5.41) is 27.3. The first-order valence-electron chi connectivity index (χ1n) is 15.3. The number of hydrogen-bond acceptors (Lipinski definition) is 9. The average Bonchev–Trinajstić information content (AvgIpc) is 3.72. The van der Waals surface area contributed by atoms with Gasteiger partial charge in [0.15, 0.2) is 16.3 Å². The van der Waals surface area contributed by atoms with E-state index in [1.54, 1.807) is 48.5 Å². The number of nitrogens with one attached hydrogen (secondary N) is 4. The van der Waals surface area contributed by atoms with Crippen LogP contribution >= 0.6 is 12.2 Å². The minimum absolute atomic E-state index is 0.00531. The van der Waals surface area contributed by atoms with Crippen molar-refractivity contribution in [2.24, 2.45) is 0 Å². The summed E-state index contributed by atoms with van der Waals surface area (Å²) in [6.45, 7) is -0.984. The van der Waals surface area contributed by atoms with Gasteiger partial charge in [0.2, 0.25) is 23.6 Å². The van der Waals surface area contributed by atoms with Gasteiger partial charge in [-0.25, -0.2) is 18.7 Å². The summed E-state index contributed by atoms with van der Waals surface area (Å²) in [6.07, 6.45) is -0.128. The van der Waals surface area contributed by atoms with Crippen molar-refractivity contribution in [1.29, 1.82) is 0 Å². The quantitative estimate of drug-likeness (QED) is 0.0931. The van der Waals surface area contributed by atoms with E-state index in [1.807, 2.05) is 0 Å². The number of rotatable bonds is 12. The molecule has 2 heterocycles. The molecule has 0 saturated heterocycles. The first-order chi connectivity index (χ1) is 24.9. The van der Waals surface area contributed by atoms with Crippen molar-refractivity contribution in [3.05, 3.63) is 95.6 Å². The standard InChI is InChI=1S/C35H26F2N6O8S/c36-21-13-19(33-40-25-9-17(1-7-27(25)50-33)11-29(44)38-15-31(46)47)3-5-23(21)42-35(52)43-24-6-4-20(14-22(24)37)34-41-26-10-18(2-8-28(26)51-34)12-30(45)39-16-32(48)49/h1-10,13-14H,11-12,15-16H2,(H,38,44)(H,39,45)(H,46,47)(H,48,49)(H2,42,43,52). The number of halogens is 2. The molecule has 0 aliphatic carbocycles. The number of nitrogens with zero attached hydrogens (tertiary/aromatic N) is 2. The Balaban J connectivity index is 1.08. The number of thiocarbonyl (C=S) groups is 1. The van der Waals surface area contributed by atoms with Crippen LogP contribution in [0, 0.1) is 11.6 Å². The molecule has 0 radical (unpaired) electrons. The molecule has 2 amide bonds. The second-order valence-corrected chi connectivity index (χ2v) is 11.7. The van der Waals surface area contributed by atoms with Crippen molar-refractivity contribution in [1.82, 2.24) is 20.6 Å². The number of hydrogen-bond donors (Lipinski definition) is 6. The molecule has 52 heavy (non-hydrogen) atoms. The smallest absolute Gasteiger partial charge is 0.322 e. The Bertz CT molecular complexity index is 2230. The normalized spacial score (nSPS) is 11.0. The molecule has 0 unspecified atom stereocenters. The maximum Gasteiger partial charge on any atom is 0.322 e. The molecule has 6 aromatic rings. The highest BCUT2D eigenvalue weighted by Gasteiger charge is 2.16. The predicted octanol–water partition coefficient (Wildman–Crippen LogP) is 4.88. The van der Waals surface area contributed by atoms with E-state index in [-0.39, 0.29) is 41.1 Å². The molecule has 264 valence electrons. The number of carboxylic acids is 2. The van der Waals surface area contributed by atoms with Crippen molar-refractivity contribution in [3.63, 3.8) is 0 Å². The van der Waals surface area contributed by atoms with Crippen molar-refractivity contribution in [2.75, 3.05) is 23.7 Å². The van der Waals surface area contributed by atoms with Gasteiger partial charge in [-0.05, 0) is 84.0 Å². The number of oxazole rings is 2. The second-order valence-electron chi connectivity index (χ2n) is 11.3. The highest BCUT2D eigenvalue weighted by Crippen LogP contribution is 2.30. The highest BCUT2D eigenvalue weighted by atomic mass is 32.1. The van der Waals surface area contributed by atoms with Gasteiger partial charge in [-0.15, -0.1) is 0 Å². The zero-order chi connectivity index (χ0) is 36.9. The number of carbonyl (C=O) groups excluding carboxylic acids is 2. The van der Waals surface area contributed by atoms with Crippen molar-refractivity contribution >= 4 is 74.7 Å². The molecule has 0 bridgehead atoms. The molecule has 17 heteroatoms. The average molecular weight is 729 g/mol. The van der Waals surface area contributed by atoms with Gasteiger partial charge in [0.05, 0.1) is 24.2 Å². The van der Waals surface area contributed by atoms with Crippen LogP contribution in [0.5, 0.6) is 0 Å². The van der Waals surface area contributed by atoms with Crippen molar-refractivity contribution in [3.8, 4) is 22.9 Å². The molecule has 4 aromatic carbocycles. The number of fused-ring (bicyclic) bond motifs is 2. The van der Waals surface area contributed by atoms with Crippen molar-refractivity contribution in [2.45, 2.75) is 12.8 Å². The molecule has 2 aromatic heterocycles. The van der Waals surface area contributed by atoms with Crippen LogP contribution in [-0.4, -0.2) is 62.1 Å². The molecule has 0 spiro atoms. The molecule has 0 saturated carbocycles. The summed E-state index contributed by atoms with van der Waals surface area (Å²) in [5.74, 6) is -4.41. The zero-order valence-corrected chi connectivity index (χ0v) is 27.5. The monoisotopic (exact) mass is 728 g/mol. The fourth-order valence-electron chi connectivity index (χ4n) is 5.03. The summed E-state index contributed by atoms with van der Waals surface area (Å²) in [4.78, 5) is 54.0. The summed E-state index contributed by atoms with van der Waals surface area (Å²) >= 11 is 5.29. The lowest BCUT2D eigenvalue weighted by Gasteiger charge is -2.12. The van der Waals surface area contributed by atoms with E-state index in [2.05, 4.69) is 31.2 Å². The molecule has 0 fully saturated rings. The van der Waals surface area contributed by atoms with Gasteiger partial charge in [-0.2, -0.15) is 0 Å². The summed E-state index contributed by atoms with van der Waals surface area (Å²) in [6, 6.07) is 18.0. The molecular formula is C35H26F2N6O8S. The van der Waals surface area contributed by atoms with Crippen LogP contribution in [0.1, 0.15) is 11.1 Å². The Morgan fingerprint density at radius 3 is 1.44 bits per heavy atom. The SMILES string of the molecule is O=C(O)CNC(=O)Cc1ccc2oc(-c3ccc(NC(=S)Nc4ccc(-c5nc6cc(CC(=O)NCC(=O)O)ccc6o5)cc4F)c(F)c3)nc2c1. The van der Waals surface area contributed by atoms with E-state index in [4.69, 9.17) is 31.3 Å². The fourth-order valence-corrected chi connectivity index (χ4v) is 5.25. The summed E-state index contributed by atoms with van der Waals surface area (Å²) in [7, 11) is 0. The molecule has 0 atom stereocenters. The predicted molar refractivity (Wildman–Crippen MR) is 187 cm³/mol. The topological polar surface area (TPSA) is 209 Å². The van der Waals surface area contributed by atoms with E-state index in [0.717, 1.165) is 0 Å². The largest absolute Gasteiger partial charge is 0.480 e. The summed E-state index contributed by atoms with van der Waals surface area (Å²) in [5.41, 5.74) is 3.41. The van der Waals surface area contributed by atoms with E-state index < -0.39 is 48.5 Å². The van der Waals surface area contributed by atoms with E-state index in [9.17, 15) is 19.2 Å². The molecule has 14 nitrogen and oxygen atoms in total. The number of carbonyl (C=O) groups is 4. The molecule has 0 aliphatic heterocycles. The molecule has 6 N–H and O–H groups in total. The van der Waals surface area contributed by atoms with Crippen LogP contribution in [0.4, 0.5) is 20.2 Å². The first-order valence-corrected chi connectivity index (χ1v) is 15.7. The molecule has 0 aliphatic rings. The number of aromatic nitrogens is 2. The lowest BCUT2D eigenvalue weighted by molar-refractivity contribution is -0.138. The van der Waals surface area contributed by atoms with Gasteiger partial charge in [-0.1, -0.05) is 12.1 Å². The van der Waals surface area contributed by atoms with Gasteiger partial charge in [-0.3, -0.25) is 19.2 Å². The van der Waals surface area contributed by atoms with Gasteiger partial charge in [0.1, 0.15) is 35.8 Å². The first kappa shape index (κ1) is 35.1. The third kappa shape index (κ3) is 8.51. The van der Waals surface area contributed by atoms with Crippen molar-refractivity contribution < 1.29 is 47.0 Å². The second kappa shape index (κ2) is 15.0. The Kier molecular flexibility index (Phi) is 10.1. The van der Waals surface area contributed by atoms with Crippen LogP contribution in [-0.2, 0) is 32.0 Å². The third-order valence-electron chi connectivity index (χ3n) is 7.44. The number of carboxylic acid groups (broad SMARTS) is 2. The van der Waals surface area contributed by atoms with Crippen LogP contribution in [0.25, 0.3) is 45.1 Å². The third-order valence-corrected chi connectivity index (χ3v) is 7.64. The van der Waals surface area contributed by atoms with Gasteiger partial charge < -0.3 is 40.3 Å². The van der Waals surface area contributed by atoms with E-state index in [0.29, 0.717) is 44.5 Å². The van der Waals surface area contributed by atoms with Gasteiger partial charge in [0.25, 0.3) is 0 Å². The fraction of sp³-hybridized carbons (Fsp3) is 0.114. The Hall–Kier alpha value is -6.75. The maximum atomic E-state index is 15.1. The van der Waals surface area contributed by atoms with E-state index in [1.165, 1.54) is 24.3 Å². The summed E-state index contributed by atoms with van der Waals surface area (Å²) < 4.78 is 41.8. The minimum Gasteiger partial charge on any atom is -0.480 e. The maximum absolute atomic E-state index is 15.1. The Morgan fingerprint density at radius 1 is 0.635 bits per heavy atom.